The van der Waals surface area contributed by atoms with Crippen LogP contribution in [-0.4, -0.2) is 29.8 Å². The highest BCUT2D eigenvalue weighted by molar-refractivity contribution is 6.09. The third kappa shape index (κ3) is 4.35. The van der Waals surface area contributed by atoms with Gasteiger partial charge in [0.1, 0.15) is 17.6 Å². The number of carbonyl (C=O) groups excluding carboxylic acids is 1. The fourth-order valence-corrected chi connectivity index (χ4v) is 5.20. The van der Waals surface area contributed by atoms with Gasteiger partial charge in [-0.05, 0) is 87.0 Å². The molecule has 2 heterocycles. The lowest BCUT2D eigenvalue weighted by atomic mass is 9.85. The van der Waals surface area contributed by atoms with Crippen molar-refractivity contribution < 1.29 is 23.4 Å². The van der Waals surface area contributed by atoms with E-state index in [1.54, 1.807) is 25.3 Å². The molecule has 4 aromatic rings. The molecule has 194 valence electrons. The first kappa shape index (κ1) is 25.6. The molecular weight excluding hydrogens is 483 g/mol. The SMILES string of the molecule is CCOC(=O)[C@@H](OC(C)(C)C)c1c(C)cc2c(F)c(C#N)ccc2c1-c1ccc2c3c(ccnc13)CCO2. The molecule has 1 aromatic heterocycles. The maximum atomic E-state index is 15.6. The zero-order chi connectivity index (χ0) is 27.2. The van der Waals surface area contributed by atoms with Crippen molar-refractivity contribution in [1.29, 1.82) is 5.26 Å². The fraction of sp³-hybridized carbons (Fsp3) is 0.323. The van der Waals surface area contributed by atoms with Gasteiger partial charge in [-0.2, -0.15) is 5.26 Å². The van der Waals surface area contributed by atoms with Gasteiger partial charge in [-0.15, -0.1) is 0 Å². The largest absolute Gasteiger partial charge is 0.493 e. The molecule has 0 spiro atoms. The van der Waals surface area contributed by atoms with Crippen molar-refractivity contribution in [2.75, 3.05) is 13.2 Å². The Kier molecular flexibility index (Phi) is 6.54. The van der Waals surface area contributed by atoms with Crippen LogP contribution in [0.3, 0.4) is 0 Å². The van der Waals surface area contributed by atoms with Crippen molar-refractivity contribution in [3.8, 4) is 22.9 Å². The van der Waals surface area contributed by atoms with E-state index in [2.05, 4.69) is 0 Å². The monoisotopic (exact) mass is 512 g/mol. The maximum absolute atomic E-state index is 15.6. The molecule has 0 amide bonds. The van der Waals surface area contributed by atoms with Crippen molar-refractivity contribution >= 4 is 27.6 Å². The molecule has 7 heteroatoms. The number of rotatable bonds is 5. The van der Waals surface area contributed by atoms with Crippen LogP contribution in [0.2, 0.25) is 0 Å². The Labute approximate surface area is 221 Å². The van der Waals surface area contributed by atoms with Crippen LogP contribution in [0.1, 0.15) is 56.1 Å². The molecule has 6 nitrogen and oxygen atoms in total. The van der Waals surface area contributed by atoms with E-state index in [1.165, 1.54) is 6.07 Å². The Balaban J connectivity index is 1.93. The van der Waals surface area contributed by atoms with Crippen LogP contribution in [-0.2, 0) is 20.7 Å². The summed E-state index contributed by atoms with van der Waals surface area (Å²) in [5.74, 6) is -0.397. The van der Waals surface area contributed by atoms with Gasteiger partial charge in [0.05, 0.1) is 29.9 Å². The average Bonchev–Trinajstić information content (AvgIpc) is 2.88. The maximum Gasteiger partial charge on any atom is 0.339 e. The molecule has 0 fully saturated rings. The molecular formula is C31H29FN2O4. The van der Waals surface area contributed by atoms with Crippen LogP contribution in [0.15, 0.2) is 42.6 Å². The highest BCUT2D eigenvalue weighted by atomic mass is 19.1. The molecule has 0 aliphatic carbocycles. The minimum absolute atomic E-state index is 0.0492. The molecule has 0 bridgehead atoms. The predicted molar refractivity (Wildman–Crippen MR) is 144 cm³/mol. The van der Waals surface area contributed by atoms with Crippen LogP contribution < -0.4 is 4.74 Å². The molecule has 1 aliphatic rings. The summed E-state index contributed by atoms with van der Waals surface area (Å²) in [5, 5.41) is 11.2. The van der Waals surface area contributed by atoms with E-state index in [0.717, 1.165) is 28.7 Å². The summed E-state index contributed by atoms with van der Waals surface area (Å²) in [6, 6.07) is 12.6. The predicted octanol–water partition coefficient (Wildman–Crippen LogP) is 6.73. The van der Waals surface area contributed by atoms with Crippen molar-refractivity contribution in [2.45, 2.75) is 52.7 Å². The van der Waals surface area contributed by atoms with Gasteiger partial charge in [-0.25, -0.2) is 9.18 Å². The van der Waals surface area contributed by atoms with Crippen LogP contribution in [0.4, 0.5) is 4.39 Å². The third-order valence-electron chi connectivity index (χ3n) is 6.70. The van der Waals surface area contributed by atoms with Gasteiger partial charge < -0.3 is 14.2 Å². The number of benzene rings is 3. The number of hydrogen-bond donors (Lipinski definition) is 0. The first-order valence-electron chi connectivity index (χ1n) is 12.7. The molecule has 0 radical (unpaired) electrons. The topological polar surface area (TPSA) is 81.4 Å². The molecule has 0 N–H and O–H groups in total. The lowest BCUT2D eigenvalue weighted by molar-refractivity contribution is -0.166. The molecule has 0 unspecified atom stereocenters. The van der Waals surface area contributed by atoms with Gasteiger partial charge in [0, 0.05) is 34.5 Å². The van der Waals surface area contributed by atoms with Crippen molar-refractivity contribution in [2.24, 2.45) is 0 Å². The van der Waals surface area contributed by atoms with Crippen molar-refractivity contribution in [3.05, 3.63) is 70.7 Å². The second kappa shape index (κ2) is 9.70. The van der Waals surface area contributed by atoms with E-state index < -0.39 is 23.5 Å². The molecule has 3 aromatic carbocycles. The molecule has 0 saturated carbocycles. The van der Waals surface area contributed by atoms with Gasteiger partial charge in [0.15, 0.2) is 6.10 Å². The van der Waals surface area contributed by atoms with E-state index in [1.807, 2.05) is 52.0 Å². The zero-order valence-corrected chi connectivity index (χ0v) is 22.1. The van der Waals surface area contributed by atoms with E-state index >= 15 is 4.39 Å². The normalized spacial score (nSPS) is 13.7. The van der Waals surface area contributed by atoms with E-state index in [4.69, 9.17) is 19.2 Å². The van der Waals surface area contributed by atoms with E-state index in [-0.39, 0.29) is 17.6 Å². The zero-order valence-electron chi connectivity index (χ0n) is 22.1. The number of ether oxygens (including phenoxy) is 3. The number of nitrogens with zero attached hydrogens (tertiary/aromatic N) is 2. The molecule has 1 aliphatic heterocycles. The van der Waals surface area contributed by atoms with Crippen molar-refractivity contribution in [1.82, 2.24) is 4.98 Å². The van der Waals surface area contributed by atoms with E-state index in [0.29, 0.717) is 34.2 Å². The van der Waals surface area contributed by atoms with Crippen LogP contribution in [0.25, 0.3) is 32.8 Å². The minimum atomic E-state index is -1.07. The van der Waals surface area contributed by atoms with Crippen LogP contribution >= 0.6 is 0 Å². The van der Waals surface area contributed by atoms with Gasteiger partial charge in [0.2, 0.25) is 0 Å². The standard InChI is InChI=1S/C31H29FN2O4/c1-6-36-30(35)29(38-31(3,4)5)24-17(2)15-22-20(8-7-19(16-33)27(22)32)26(24)21-9-10-23-25-18(12-14-37-23)11-13-34-28(21)25/h7-11,13,15,29H,6,12,14H2,1-5H3/t29-/m0/s1. The highest BCUT2D eigenvalue weighted by Crippen LogP contribution is 2.45. The molecule has 1 atom stereocenters. The number of aromatic nitrogens is 1. The number of carbonyl (C=O) groups is 1. The van der Waals surface area contributed by atoms with E-state index in [9.17, 15) is 10.1 Å². The number of pyridine rings is 1. The Morgan fingerprint density at radius 3 is 2.71 bits per heavy atom. The van der Waals surface area contributed by atoms with Gasteiger partial charge >= 0.3 is 5.97 Å². The number of nitriles is 1. The quantitative estimate of drug-likeness (QED) is 0.276. The second-order valence-electron chi connectivity index (χ2n) is 10.4. The Bertz CT molecular complexity index is 1620. The lowest BCUT2D eigenvalue weighted by Crippen LogP contribution is -2.29. The number of halogens is 1. The number of aryl methyl sites for hydroxylation is 1. The second-order valence-corrected chi connectivity index (χ2v) is 10.4. The lowest BCUT2D eigenvalue weighted by Gasteiger charge is -2.30. The Morgan fingerprint density at radius 2 is 2.00 bits per heavy atom. The average molecular weight is 513 g/mol. The summed E-state index contributed by atoms with van der Waals surface area (Å²) >= 11 is 0. The first-order valence-corrected chi connectivity index (χ1v) is 12.7. The summed E-state index contributed by atoms with van der Waals surface area (Å²) in [6.07, 6.45) is 1.43. The first-order chi connectivity index (χ1) is 18.1. The Morgan fingerprint density at radius 1 is 1.21 bits per heavy atom. The summed E-state index contributed by atoms with van der Waals surface area (Å²) in [4.78, 5) is 18.1. The van der Waals surface area contributed by atoms with Gasteiger partial charge in [-0.3, -0.25) is 4.98 Å². The molecule has 38 heavy (non-hydrogen) atoms. The Hall–Kier alpha value is -4.02. The van der Waals surface area contributed by atoms with Crippen LogP contribution in [0, 0.1) is 24.1 Å². The smallest absolute Gasteiger partial charge is 0.339 e. The van der Waals surface area contributed by atoms with Crippen LogP contribution in [0.5, 0.6) is 5.75 Å². The van der Waals surface area contributed by atoms with Gasteiger partial charge in [0.25, 0.3) is 0 Å². The summed E-state index contributed by atoms with van der Waals surface area (Å²) in [5.41, 5.74) is 3.63. The fourth-order valence-electron chi connectivity index (χ4n) is 5.20. The summed E-state index contributed by atoms with van der Waals surface area (Å²) in [7, 11) is 0. The summed E-state index contributed by atoms with van der Waals surface area (Å²) in [6.45, 7) is 9.94. The minimum Gasteiger partial charge on any atom is -0.493 e. The molecule has 0 saturated heterocycles. The third-order valence-corrected chi connectivity index (χ3v) is 6.70. The van der Waals surface area contributed by atoms with Crippen molar-refractivity contribution in [3.63, 3.8) is 0 Å². The molecule has 5 rings (SSSR count). The van der Waals surface area contributed by atoms with Gasteiger partial charge in [-0.1, -0.05) is 6.07 Å². The highest BCUT2D eigenvalue weighted by Gasteiger charge is 2.34. The summed E-state index contributed by atoms with van der Waals surface area (Å²) < 4.78 is 33.3. The number of fused-ring (bicyclic) bond motifs is 1. The number of hydrogen-bond acceptors (Lipinski definition) is 6. The number of esters is 1.